The lowest BCUT2D eigenvalue weighted by Crippen LogP contribution is -2.68. The lowest BCUT2D eigenvalue weighted by molar-refractivity contribution is -0.129. The van der Waals surface area contributed by atoms with Gasteiger partial charge in [-0.1, -0.05) is 36.4 Å². The Kier molecular flexibility index (Phi) is 4.77. The van der Waals surface area contributed by atoms with Crippen LogP contribution in [0.2, 0.25) is 0 Å². The molecule has 1 aliphatic carbocycles. The number of nitrogens with zero attached hydrogens (tertiary/aromatic N) is 2. The summed E-state index contributed by atoms with van der Waals surface area (Å²) < 4.78 is 0. The molecule has 1 unspecified atom stereocenters. The summed E-state index contributed by atoms with van der Waals surface area (Å²) in [5.41, 5.74) is 5.69. The fraction of sp³-hybridized carbons (Fsp3) is 0.435. The number of likely N-dealkylation sites (tertiary alicyclic amines) is 1. The van der Waals surface area contributed by atoms with Gasteiger partial charge in [0.2, 0.25) is 5.91 Å². The first-order chi connectivity index (χ1) is 12.7. The normalized spacial score (nSPS) is 23.7. The molecule has 3 aliphatic rings. The summed E-state index contributed by atoms with van der Waals surface area (Å²) >= 11 is 0. The summed E-state index contributed by atoms with van der Waals surface area (Å²) in [7, 11) is 0. The van der Waals surface area contributed by atoms with Crippen LogP contribution in [0.1, 0.15) is 36.0 Å². The monoisotopic (exact) mass is 382 g/mol. The van der Waals surface area contributed by atoms with Crippen LogP contribution in [0.3, 0.4) is 0 Å². The number of anilines is 1. The maximum Gasteiger partial charge on any atom is 0.229 e. The molecule has 5 rings (SSSR count). The van der Waals surface area contributed by atoms with E-state index in [1.165, 1.54) is 18.4 Å². The first-order valence-electron chi connectivity index (χ1n) is 9.86. The van der Waals surface area contributed by atoms with Crippen molar-refractivity contribution >= 4 is 24.0 Å². The molecule has 4 heteroatoms. The molecule has 2 fully saturated rings. The molecule has 2 aliphatic heterocycles. The molecule has 27 heavy (non-hydrogen) atoms. The van der Waals surface area contributed by atoms with Gasteiger partial charge in [0.25, 0.3) is 0 Å². The van der Waals surface area contributed by atoms with Crippen LogP contribution in [-0.4, -0.2) is 35.5 Å². The van der Waals surface area contributed by atoms with Gasteiger partial charge in [0, 0.05) is 24.8 Å². The van der Waals surface area contributed by atoms with E-state index in [2.05, 4.69) is 47.1 Å². The fourth-order valence-corrected chi connectivity index (χ4v) is 5.38. The SMILES string of the molecule is Cc1cccc2c1CC(N1CCC3(CC1)CC(=O)N3c1ccccc1)C2.Cl. The van der Waals surface area contributed by atoms with Crippen LogP contribution in [0.4, 0.5) is 5.69 Å². The summed E-state index contributed by atoms with van der Waals surface area (Å²) in [6.45, 7) is 4.45. The van der Waals surface area contributed by atoms with Crippen molar-refractivity contribution in [2.75, 3.05) is 18.0 Å². The Morgan fingerprint density at radius 1 is 0.963 bits per heavy atom. The third-order valence-electron chi connectivity index (χ3n) is 6.87. The van der Waals surface area contributed by atoms with Gasteiger partial charge >= 0.3 is 0 Å². The van der Waals surface area contributed by atoms with Crippen LogP contribution in [0.5, 0.6) is 0 Å². The standard InChI is InChI=1S/C23H26N2O.ClH/c1-17-6-5-7-18-14-20(15-21(17)18)24-12-10-23(11-13-24)16-22(26)25(23)19-8-3-2-4-9-19;/h2-9,20H,10-16H2,1H3;1H. The molecule has 2 heterocycles. The van der Waals surface area contributed by atoms with E-state index in [-0.39, 0.29) is 23.9 Å². The molecular formula is C23H27ClN2O. The van der Waals surface area contributed by atoms with Crippen LogP contribution in [0, 0.1) is 6.92 Å². The lowest BCUT2D eigenvalue weighted by Gasteiger charge is -2.56. The molecule has 1 atom stereocenters. The third kappa shape index (κ3) is 2.97. The zero-order valence-electron chi connectivity index (χ0n) is 15.9. The van der Waals surface area contributed by atoms with Crippen molar-refractivity contribution in [1.29, 1.82) is 0 Å². The van der Waals surface area contributed by atoms with Crippen molar-refractivity contribution < 1.29 is 4.79 Å². The van der Waals surface area contributed by atoms with E-state index < -0.39 is 0 Å². The number of benzene rings is 2. The number of β-lactam (4-membered cyclic amide) rings is 1. The first kappa shape index (κ1) is 18.5. The predicted molar refractivity (Wildman–Crippen MR) is 112 cm³/mol. The lowest BCUT2D eigenvalue weighted by atomic mass is 9.75. The Labute approximate surface area is 167 Å². The minimum atomic E-state index is 0. The molecule has 2 aromatic rings. The van der Waals surface area contributed by atoms with Crippen molar-refractivity contribution in [3.8, 4) is 0 Å². The van der Waals surface area contributed by atoms with Gasteiger partial charge in [-0.15, -0.1) is 12.4 Å². The van der Waals surface area contributed by atoms with E-state index in [0.29, 0.717) is 6.04 Å². The van der Waals surface area contributed by atoms with Crippen molar-refractivity contribution in [1.82, 2.24) is 4.90 Å². The number of aryl methyl sites for hydroxylation is 1. The number of para-hydroxylation sites is 1. The van der Waals surface area contributed by atoms with E-state index in [1.54, 1.807) is 11.1 Å². The summed E-state index contributed by atoms with van der Waals surface area (Å²) in [6.07, 6.45) is 5.29. The first-order valence-corrected chi connectivity index (χ1v) is 9.86. The zero-order chi connectivity index (χ0) is 17.7. The quantitative estimate of drug-likeness (QED) is 0.728. The van der Waals surface area contributed by atoms with Crippen LogP contribution < -0.4 is 4.90 Å². The molecular weight excluding hydrogens is 356 g/mol. The van der Waals surface area contributed by atoms with Crippen LogP contribution in [0.15, 0.2) is 48.5 Å². The number of fused-ring (bicyclic) bond motifs is 1. The van der Waals surface area contributed by atoms with Gasteiger partial charge in [-0.3, -0.25) is 9.69 Å². The van der Waals surface area contributed by atoms with E-state index in [9.17, 15) is 4.79 Å². The highest BCUT2D eigenvalue weighted by Gasteiger charge is 2.53. The Balaban J connectivity index is 0.00000180. The van der Waals surface area contributed by atoms with Gasteiger partial charge in [0.1, 0.15) is 0 Å². The minimum absolute atomic E-state index is 0. The molecule has 0 aromatic heterocycles. The number of rotatable bonds is 2. The largest absolute Gasteiger partial charge is 0.306 e. The Hall–Kier alpha value is -1.84. The number of piperidine rings is 1. The second-order valence-electron chi connectivity index (χ2n) is 8.28. The molecule has 3 nitrogen and oxygen atoms in total. The second-order valence-corrected chi connectivity index (χ2v) is 8.28. The molecule has 1 spiro atoms. The van der Waals surface area contributed by atoms with Gasteiger partial charge < -0.3 is 4.90 Å². The molecule has 142 valence electrons. The van der Waals surface area contributed by atoms with Crippen molar-refractivity contribution in [3.63, 3.8) is 0 Å². The smallest absolute Gasteiger partial charge is 0.229 e. The zero-order valence-corrected chi connectivity index (χ0v) is 16.7. The number of halogens is 1. The highest BCUT2D eigenvalue weighted by Crippen LogP contribution is 2.44. The van der Waals surface area contributed by atoms with Gasteiger partial charge in [0.05, 0.1) is 12.0 Å². The fourth-order valence-electron chi connectivity index (χ4n) is 5.38. The molecule has 1 amide bonds. The summed E-state index contributed by atoms with van der Waals surface area (Å²) in [6, 6.07) is 17.6. The number of carbonyl (C=O) groups excluding carboxylic acids is 1. The van der Waals surface area contributed by atoms with E-state index >= 15 is 0 Å². The summed E-state index contributed by atoms with van der Waals surface area (Å²) in [4.78, 5) is 17.1. The van der Waals surface area contributed by atoms with Gasteiger partial charge in [-0.2, -0.15) is 0 Å². The number of hydrogen-bond acceptors (Lipinski definition) is 2. The number of carbonyl (C=O) groups is 1. The number of hydrogen-bond donors (Lipinski definition) is 0. The Morgan fingerprint density at radius 3 is 2.37 bits per heavy atom. The average Bonchev–Trinajstić information content (AvgIpc) is 3.08. The number of amides is 1. The second kappa shape index (κ2) is 6.96. The highest BCUT2D eigenvalue weighted by molar-refractivity contribution is 6.02. The molecule has 0 radical (unpaired) electrons. The van der Waals surface area contributed by atoms with Crippen molar-refractivity contribution in [3.05, 3.63) is 65.2 Å². The molecule has 0 N–H and O–H groups in total. The van der Waals surface area contributed by atoms with Crippen molar-refractivity contribution in [2.45, 2.75) is 50.6 Å². The van der Waals surface area contributed by atoms with Gasteiger partial charge in [-0.25, -0.2) is 0 Å². The Bertz CT molecular complexity index is 843. The average molecular weight is 383 g/mol. The van der Waals surface area contributed by atoms with E-state index in [1.807, 2.05) is 18.2 Å². The molecule has 2 saturated heterocycles. The summed E-state index contributed by atoms with van der Waals surface area (Å²) in [5.74, 6) is 0.286. The van der Waals surface area contributed by atoms with Crippen LogP contribution in [-0.2, 0) is 17.6 Å². The molecule has 0 bridgehead atoms. The topological polar surface area (TPSA) is 23.6 Å². The van der Waals surface area contributed by atoms with Crippen LogP contribution >= 0.6 is 12.4 Å². The highest BCUT2D eigenvalue weighted by atomic mass is 35.5. The Morgan fingerprint density at radius 2 is 1.70 bits per heavy atom. The van der Waals surface area contributed by atoms with Crippen LogP contribution in [0.25, 0.3) is 0 Å². The van der Waals surface area contributed by atoms with E-state index in [4.69, 9.17) is 0 Å². The van der Waals surface area contributed by atoms with Gasteiger partial charge in [-0.05, 0) is 61.4 Å². The maximum absolute atomic E-state index is 12.3. The molecule has 0 saturated carbocycles. The minimum Gasteiger partial charge on any atom is -0.306 e. The van der Waals surface area contributed by atoms with E-state index in [0.717, 1.165) is 38.0 Å². The molecule has 2 aromatic carbocycles. The predicted octanol–water partition coefficient (Wildman–Crippen LogP) is 4.16. The third-order valence-corrected chi connectivity index (χ3v) is 6.87. The van der Waals surface area contributed by atoms with Gasteiger partial charge in [0.15, 0.2) is 0 Å². The maximum atomic E-state index is 12.3. The van der Waals surface area contributed by atoms with Crippen molar-refractivity contribution in [2.24, 2.45) is 0 Å². The summed E-state index contributed by atoms with van der Waals surface area (Å²) in [5, 5.41) is 0.